The third-order valence-corrected chi connectivity index (χ3v) is 2.59. The van der Waals surface area contributed by atoms with E-state index in [1.54, 1.807) is 7.11 Å². The van der Waals surface area contributed by atoms with Crippen LogP contribution < -0.4 is 0 Å². The van der Waals surface area contributed by atoms with Crippen LogP contribution >= 0.6 is 0 Å². The van der Waals surface area contributed by atoms with Gasteiger partial charge in [0, 0.05) is 12.7 Å². The van der Waals surface area contributed by atoms with Crippen LogP contribution in [0.25, 0.3) is 0 Å². The largest absolute Gasteiger partial charge is 0.388 e. The van der Waals surface area contributed by atoms with Crippen LogP contribution in [0.15, 0.2) is 18.2 Å². The lowest BCUT2D eigenvalue weighted by atomic mass is 10.0. The zero-order valence-electron chi connectivity index (χ0n) is 9.41. The van der Waals surface area contributed by atoms with Gasteiger partial charge in [0.25, 0.3) is 0 Å². The molecule has 1 N–H and O–H groups in total. The summed E-state index contributed by atoms with van der Waals surface area (Å²) in [5, 5.41) is 9.71. The first-order valence-corrected chi connectivity index (χ1v) is 5.21. The van der Waals surface area contributed by atoms with Crippen molar-refractivity contribution in [2.75, 3.05) is 7.11 Å². The summed E-state index contributed by atoms with van der Waals surface area (Å²) in [7, 11) is 1.57. The number of methoxy groups -OCH3 is 1. The van der Waals surface area contributed by atoms with Gasteiger partial charge in [-0.05, 0) is 25.8 Å². The quantitative estimate of drug-likeness (QED) is 0.842. The highest BCUT2D eigenvalue weighted by atomic mass is 19.2. The maximum atomic E-state index is 13.3. The van der Waals surface area contributed by atoms with Crippen LogP contribution in [0.4, 0.5) is 8.78 Å². The standard InChI is InChI=1S/C12H16F2O2/c1-8(16-2)6-7-11(15)9-4-3-5-10(13)12(9)14/h3-5,8,11,15H,6-7H2,1-2H3. The highest BCUT2D eigenvalue weighted by Gasteiger charge is 2.16. The van der Waals surface area contributed by atoms with Crippen molar-refractivity contribution < 1.29 is 18.6 Å². The van der Waals surface area contributed by atoms with Gasteiger partial charge >= 0.3 is 0 Å². The summed E-state index contributed by atoms with van der Waals surface area (Å²) in [5.41, 5.74) is 0.00306. The molecule has 0 bridgehead atoms. The van der Waals surface area contributed by atoms with Crippen molar-refractivity contribution >= 4 is 0 Å². The first kappa shape index (κ1) is 13.1. The van der Waals surface area contributed by atoms with E-state index in [1.165, 1.54) is 12.1 Å². The summed E-state index contributed by atoms with van der Waals surface area (Å²) in [5.74, 6) is -1.91. The van der Waals surface area contributed by atoms with E-state index in [9.17, 15) is 13.9 Å². The van der Waals surface area contributed by atoms with Gasteiger partial charge in [0.2, 0.25) is 0 Å². The summed E-state index contributed by atoms with van der Waals surface area (Å²) < 4.78 is 31.2. The van der Waals surface area contributed by atoms with Gasteiger partial charge in [0.15, 0.2) is 11.6 Å². The van der Waals surface area contributed by atoms with Gasteiger partial charge < -0.3 is 9.84 Å². The molecule has 16 heavy (non-hydrogen) atoms. The van der Waals surface area contributed by atoms with Gasteiger partial charge in [-0.3, -0.25) is 0 Å². The molecule has 1 rings (SSSR count). The minimum absolute atomic E-state index is 0.00306. The Morgan fingerprint density at radius 1 is 1.31 bits per heavy atom. The molecule has 1 aromatic rings. The van der Waals surface area contributed by atoms with Crippen LogP contribution in [0, 0.1) is 11.6 Å². The Balaban J connectivity index is 2.66. The third kappa shape index (κ3) is 3.25. The number of hydrogen-bond acceptors (Lipinski definition) is 2. The molecule has 0 amide bonds. The first-order chi connectivity index (χ1) is 7.56. The molecule has 90 valence electrons. The fourth-order valence-electron chi connectivity index (χ4n) is 1.44. The highest BCUT2D eigenvalue weighted by Crippen LogP contribution is 2.23. The van der Waals surface area contributed by atoms with E-state index < -0.39 is 17.7 Å². The number of hydrogen-bond donors (Lipinski definition) is 1. The van der Waals surface area contributed by atoms with Gasteiger partial charge in [-0.1, -0.05) is 12.1 Å². The molecule has 0 aromatic heterocycles. The molecular formula is C12H16F2O2. The molecule has 0 saturated heterocycles. The predicted molar refractivity (Wildman–Crippen MR) is 57.0 cm³/mol. The predicted octanol–water partition coefficient (Wildman–Crippen LogP) is 2.81. The van der Waals surface area contributed by atoms with E-state index in [2.05, 4.69) is 0 Å². The summed E-state index contributed by atoms with van der Waals surface area (Å²) in [6.45, 7) is 1.86. The van der Waals surface area contributed by atoms with Crippen LogP contribution in [0.1, 0.15) is 31.4 Å². The number of ether oxygens (including phenoxy) is 1. The van der Waals surface area contributed by atoms with Crippen LogP contribution in [-0.2, 0) is 4.74 Å². The molecule has 0 fully saturated rings. The SMILES string of the molecule is COC(C)CCC(O)c1cccc(F)c1F. The third-order valence-electron chi connectivity index (χ3n) is 2.59. The van der Waals surface area contributed by atoms with Gasteiger partial charge in [0.05, 0.1) is 12.2 Å². The molecule has 0 aliphatic rings. The van der Waals surface area contributed by atoms with Crippen LogP contribution in [-0.4, -0.2) is 18.3 Å². The molecule has 4 heteroatoms. The smallest absolute Gasteiger partial charge is 0.164 e. The Morgan fingerprint density at radius 3 is 2.62 bits per heavy atom. The number of benzene rings is 1. The van der Waals surface area contributed by atoms with E-state index in [0.29, 0.717) is 12.8 Å². The zero-order chi connectivity index (χ0) is 12.1. The molecule has 2 nitrogen and oxygen atoms in total. The monoisotopic (exact) mass is 230 g/mol. The lowest BCUT2D eigenvalue weighted by Gasteiger charge is -2.14. The number of aliphatic hydroxyl groups excluding tert-OH is 1. The topological polar surface area (TPSA) is 29.5 Å². The molecule has 2 unspecified atom stereocenters. The highest BCUT2D eigenvalue weighted by molar-refractivity contribution is 5.21. The first-order valence-electron chi connectivity index (χ1n) is 5.21. The Morgan fingerprint density at radius 2 is 2.00 bits per heavy atom. The van der Waals surface area contributed by atoms with Crippen molar-refractivity contribution in [3.05, 3.63) is 35.4 Å². The second kappa shape index (κ2) is 5.92. The molecular weight excluding hydrogens is 214 g/mol. The number of aliphatic hydroxyl groups is 1. The molecule has 2 atom stereocenters. The van der Waals surface area contributed by atoms with Gasteiger partial charge in [-0.2, -0.15) is 0 Å². The van der Waals surface area contributed by atoms with Crippen LogP contribution in [0.3, 0.4) is 0 Å². The Labute approximate surface area is 93.9 Å². The lowest BCUT2D eigenvalue weighted by Crippen LogP contribution is -2.09. The average molecular weight is 230 g/mol. The maximum Gasteiger partial charge on any atom is 0.164 e. The fourth-order valence-corrected chi connectivity index (χ4v) is 1.44. The normalized spacial score (nSPS) is 14.8. The van der Waals surface area contributed by atoms with Crippen molar-refractivity contribution in [1.29, 1.82) is 0 Å². The molecule has 0 aliphatic carbocycles. The Hall–Kier alpha value is -1.00. The Kier molecular flexibility index (Phi) is 4.83. The van der Waals surface area contributed by atoms with Crippen molar-refractivity contribution in [2.45, 2.75) is 32.0 Å². The van der Waals surface area contributed by atoms with Crippen LogP contribution in [0.5, 0.6) is 0 Å². The maximum absolute atomic E-state index is 13.3. The van der Waals surface area contributed by atoms with Gasteiger partial charge in [-0.25, -0.2) is 8.78 Å². The van der Waals surface area contributed by atoms with E-state index in [-0.39, 0.29) is 11.7 Å². The number of halogens is 2. The molecule has 0 heterocycles. The molecule has 0 spiro atoms. The summed E-state index contributed by atoms with van der Waals surface area (Å²) in [6.07, 6.45) is -0.0669. The minimum Gasteiger partial charge on any atom is -0.388 e. The summed E-state index contributed by atoms with van der Waals surface area (Å²) in [6, 6.07) is 3.81. The second-order valence-corrected chi connectivity index (χ2v) is 3.78. The van der Waals surface area contributed by atoms with E-state index >= 15 is 0 Å². The van der Waals surface area contributed by atoms with Gasteiger partial charge in [0.1, 0.15) is 0 Å². The molecule has 0 saturated carbocycles. The van der Waals surface area contributed by atoms with Gasteiger partial charge in [-0.15, -0.1) is 0 Å². The van der Waals surface area contributed by atoms with Crippen molar-refractivity contribution in [1.82, 2.24) is 0 Å². The fraction of sp³-hybridized carbons (Fsp3) is 0.500. The van der Waals surface area contributed by atoms with E-state index in [0.717, 1.165) is 6.07 Å². The second-order valence-electron chi connectivity index (χ2n) is 3.78. The zero-order valence-corrected chi connectivity index (χ0v) is 9.41. The lowest BCUT2D eigenvalue weighted by molar-refractivity contribution is 0.0838. The Bertz CT molecular complexity index is 342. The minimum atomic E-state index is -0.992. The van der Waals surface area contributed by atoms with E-state index in [4.69, 9.17) is 4.74 Å². The number of rotatable bonds is 5. The molecule has 0 radical (unpaired) electrons. The molecule has 0 aliphatic heterocycles. The van der Waals surface area contributed by atoms with Crippen molar-refractivity contribution in [2.24, 2.45) is 0 Å². The van der Waals surface area contributed by atoms with Crippen molar-refractivity contribution in [3.63, 3.8) is 0 Å². The average Bonchev–Trinajstić information content (AvgIpc) is 2.29. The van der Waals surface area contributed by atoms with Crippen molar-refractivity contribution in [3.8, 4) is 0 Å². The summed E-state index contributed by atoms with van der Waals surface area (Å²) in [4.78, 5) is 0. The van der Waals surface area contributed by atoms with Crippen LogP contribution in [0.2, 0.25) is 0 Å². The molecule has 1 aromatic carbocycles. The summed E-state index contributed by atoms with van der Waals surface area (Å²) >= 11 is 0. The van der Waals surface area contributed by atoms with E-state index in [1.807, 2.05) is 6.92 Å².